The zero-order valence-corrected chi connectivity index (χ0v) is 10.1. The van der Waals surface area contributed by atoms with Crippen LogP contribution >= 0.6 is 0 Å². The van der Waals surface area contributed by atoms with Crippen LogP contribution < -0.4 is 0 Å². The van der Waals surface area contributed by atoms with Gasteiger partial charge in [0.2, 0.25) is 0 Å². The third kappa shape index (κ3) is 1.59. The Bertz CT molecular complexity index is 676. The highest BCUT2D eigenvalue weighted by molar-refractivity contribution is 5.75. The van der Waals surface area contributed by atoms with Crippen LogP contribution in [0.3, 0.4) is 0 Å². The van der Waals surface area contributed by atoms with Crippen molar-refractivity contribution in [3.8, 4) is 11.1 Å². The van der Waals surface area contributed by atoms with Gasteiger partial charge in [0.05, 0.1) is 0 Å². The third-order valence-electron chi connectivity index (χ3n) is 3.61. The predicted molar refractivity (Wildman–Crippen MR) is 63.8 cm³/mol. The van der Waals surface area contributed by atoms with Crippen LogP contribution in [0.25, 0.3) is 11.1 Å². The first kappa shape index (κ1) is 12.2. The smallest absolute Gasteiger partial charge is 0.198 e. The molecule has 0 heterocycles. The van der Waals surface area contributed by atoms with Crippen molar-refractivity contribution < 1.29 is 17.6 Å². The van der Waals surface area contributed by atoms with Gasteiger partial charge in [-0.25, -0.2) is 17.6 Å². The molecule has 2 aromatic carbocycles. The molecular weight excluding hydrogens is 256 g/mol. The number of hydrogen-bond donors (Lipinski definition) is 0. The summed E-state index contributed by atoms with van der Waals surface area (Å²) >= 11 is 0. The van der Waals surface area contributed by atoms with Gasteiger partial charge in [0.15, 0.2) is 23.3 Å². The molecular formula is C15H10F4. The number of hydrogen-bond acceptors (Lipinski definition) is 0. The Morgan fingerprint density at radius 2 is 1.53 bits per heavy atom. The highest BCUT2D eigenvalue weighted by atomic mass is 19.2. The van der Waals surface area contributed by atoms with Crippen molar-refractivity contribution in [2.24, 2.45) is 0 Å². The molecule has 0 saturated carbocycles. The molecule has 3 rings (SSSR count). The summed E-state index contributed by atoms with van der Waals surface area (Å²) in [6.45, 7) is 1.68. The van der Waals surface area contributed by atoms with Crippen molar-refractivity contribution in [2.75, 3.05) is 0 Å². The molecule has 0 nitrogen and oxygen atoms in total. The minimum Gasteiger partial charge on any atom is -0.203 e. The SMILES string of the molecule is CC1Cc2ccccc2-c2c(F)c(F)c(F)c(F)c21. The summed E-state index contributed by atoms with van der Waals surface area (Å²) in [5, 5.41) is 0. The molecule has 1 atom stereocenters. The fourth-order valence-corrected chi connectivity index (χ4v) is 2.75. The van der Waals surface area contributed by atoms with Crippen LogP contribution in [0.4, 0.5) is 17.6 Å². The van der Waals surface area contributed by atoms with E-state index in [1.807, 2.05) is 0 Å². The lowest BCUT2D eigenvalue weighted by Crippen LogP contribution is -2.15. The van der Waals surface area contributed by atoms with E-state index in [1.165, 1.54) is 0 Å². The maximum absolute atomic E-state index is 14.0. The Balaban J connectivity index is 2.45. The summed E-state index contributed by atoms with van der Waals surface area (Å²) in [6.07, 6.45) is 0.477. The topological polar surface area (TPSA) is 0 Å². The van der Waals surface area contributed by atoms with E-state index < -0.39 is 29.2 Å². The number of halogens is 4. The first-order valence-corrected chi connectivity index (χ1v) is 5.96. The molecule has 0 fully saturated rings. The van der Waals surface area contributed by atoms with Crippen LogP contribution in [0, 0.1) is 23.3 Å². The molecule has 1 aliphatic rings. The van der Waals surface area contributed by atoms with Crippen molar-refractivity contribution >= 4 is 0 Å². The highest BCUT2D eigenvalue weighted by Crippen LogP contribution is 2.43. The fraction of sp³-hybridized carbons (Fsp3) is 0.200. The van der Waals surface area contributed by atoms with Gasteiger partial charge in [-0.1, -0.05) is 31.2 Å². The Labute approximate surface area is 107 Å². The molecule has 98 valence electrons. The predicted octanol–water partition coefficient (Wildman–Crippen LogP) is 4.57. The largest absolute Gasteiger partial charge is 0.203 e. The van der Waals surface area contributed by atoms with Crippen LogP contribution in [-0.2, 0) is 6.42 Å². The second-order valence-corrected chi connectivity index (χ2v) is 4.81. The van der Waals surface area contributed by atoms with Crippen LogP contribution in [0.5, 0.6) is 0 Å². The van der Waals surface area contributed by atoms with Crippen molar-refractivity contribution in [1.29, 1.82) is 0 Å². The highest BCUT2D eigenvalue weighted by Gasteiger charge is 2.32. The van der Waals surface area contributed by atoms with E-state index in [2.05, 4.69) is 0 Å². The standard InChI is InChI=1S/C15H10F4/c1-7-6-8-4-2-3-5-9(8)11-10(7)12(16)14(18)15(19)13(11)17/h2-5,7H,6H2,1H3. The molecule has 19 heavy (non-hydrogen) atoms. The average molecular weight is 266 g/mol. The maximum atomic E-state index is 14.0. The first-order valence-electron chi connectivity index (χ1n) is 5.96. The van der Waals surface area contributed by atoms with Gasteiger partial charge in [-0.15, -0.1) is 0 Å². The van der Waals surface area contributed by atoms with Crippen LogP contribution in [0.15, 0.2) is 24.3 Å². The van der Waals surface area contributed by atoms with Crippen LogP contribution in [-0.4, -0.2) is 0 Å². The van der Waals surface area contributed by atoms with E-state index in [1.54, 1.807) is 31.2 Å². The molecule has 0 N–H and O–H groups in total. The first-order chi connectivity index (χ1) is 9.02. The zero-order valence-electron chi connectivity index (χ0n) is 10.1. The van der Waals surface area contributed by atoms with E-state index in [0.717, 1.165) is 5.56 Å². The summed E-state index contributed by atoms with van der Waals surface area (Å²) in [5.74, 6) is -6.47. The van der Waals surface area contributed by atoms with Gasteiger partial charge in [0.1, 0.15) is 0 Å². The normalized spacial score (nSPS) is 17.0. The van der Waals surface area contributed by atoms with E-state index in [4.69, 9.17) is 0 Å². The summed E-state index contributed by atoms with van der Waals surface area (Å²) in [5.41, 5.74) is 1.03. The number of fused-ring (bicyclic) bond motifs is 3. The molecule has 0 aromatic heterocycles. The molecule has 0 bridgehead atoms. The third-order valence-corrected chi connectivity index (χ3v) is 3.61. The van der Waals surface area contributed by atoms with Gasteiger partial charge in [-0.2, -0.15) is 0 Å². The lowest BCUT2D eigenvalue weighted by atomic mass is 9.79. The summed E-state index contributed by atoms with van der Waals surface area (Å²) in [7, 11) is 0. The second-order valence-electron chi connectivity index (χ2n) is 4.81. The zero-order chi connectivity index (χ0) is 13.7. The molecule has 0 spiro atoms. The quantitative estimate of drug-likeness (QED) is 0.372. The molecule has 1 aliphatic carbocycles. The minimum atomic E-state index is -1.75. The van der Waals surface area contributed by atoms with Gasteiger partial charge in [0, 0.05) is 11.1 Å². The van der Waals surface area contributed by atoms with E-state index in [9.17, 15) is 17.6 Å². The molecule has 0 amide bonds. The Morgan fingerprint density at radius 3 is 2.26 bits per heavy atom. The fourth-order valence-electron chi connectivity index (χ4n) is 2.75. The molecule has 2 aromatic rings. The summed E-state index contributed by atoms with van der Waals surface area (Å²) < 4.78 is 54.6. The summed E-state index contributed by atoms with van der Waals surface area (Å²) in [4.78, 5) is 0. The monoisotopic (exact) mass is 266 g/mol. The second kappa shape index (κ2) is 4.08. The van der Waals surface area contributed by atoms with Crippen LogP contribution in [0.1, 0.15) is 24.0 Å². The van der Waals surface area contributed by atoms with Crippen molar-refractivity contribution in [1.82, 2.24) is 0 Å². The summed E-state index contributed by atoms with van der Waals surface area (Å²) in [6, 6.07) is 6.83. The molecule has 0 aliphatic heterocycles. The molecule has 1 unspecified atom stereocenters. The molecule has 4 heteroatoms. The van der Waals surface area contributed by atoms with Gasteiger partial charge in [0.25, 0.3) is 0 Å². The van der Waals surface area contributed by atoms with E-state index in [-0.39, 0.29) is 11.1 Å². The van der Waals surface area contributed by atoms with E-state index in [0.29, 0.717) is 12.0 Å². The number of benzene rings is 2. The Hall–Kier alpha value is -1.84. The van der Waals surface area contributed by atoms with Gasteiger partial charge in [-0.05, 0) is 23.5 Å². The van der Waals surface area contributed by atoms with Gasteiger partial charge >= 0.3 is 0 Å². The van der Waals surface area contributed by atoms with Crippen molar-refractivity contribution in [2.45, 2.75) is 19.3 Å². The van der Waals surface area contributed by atoms with Gasteiger partial charge in [-0.3, -0.25) is 0 Å². The Kier molecular flexibility index (Phi) is 2.62. The number of rotatable bonds is 0. The Morgan fingerprint density at radius 1 is 0.895 bits per heavy atom. The average Bonchev–Trinajstić information content (AvgIpc) is 2.41. The molecule has 0 radical (unpaired) electrons. The van der Waals surface area contributed by atoms with E-state index >= 15 is 0 Å². The lowest BCUT2D eigenvalue weighted by Gasteiger charge is -2.26. The van der Waals surface area contributed by atoms with Crippen LogP contribution in [0.2, 0.25) is 0 Å². The van der Waals surface area contributed by atoms with Crippen molar-refractivity contribution in [3.63, 3.8) is 0 Å². The van der Waals surface area contributed by atoms with Crippen molar-refractivity contribution in [3.05, 3.63) is 58.7 Å². The minimum absolute atomic E-state index is 0.0740. The lowest BCUT2D eigenvalue weighted by molar-refractivity contribution is 0.401. The maximum Gasteiger partial charge on any atom is 0.198 e. The molecule has 0 saturated heterocycles. The van der Waals surface area contributed by atoms with Gasteiger partial charge < -0.3 is 0 Å².